The van der Waals surface area contributed by atoms with Gasteiger partial charge in [0, 0.05) is 36.6 Å². The van der Waals surface area contributed by atoms with Crippen molar-refractivity contribution in [2.24, 2.45) is 7.05 Å². The molecule has 2 aromatic rings. The third kappa shape index (κ3) is 3.14. The molecule has 0 radical (unpaired) electrons. The molecule has 18 heavy (non-hydrogen) atoms. The van der Waals surface area contributed by atoms with Crippen LogP contribution in [0.5, 0.6) is 0 Å². The highest BCUT2D eigenvalue weighted by Gasteiger charge is 2.09. The van der Waals surface area contributed by atoms with Crippen molar-refractivity contribution in [1.29, 1.82) is 0 Å². The molecule has 1 N–H and O–H groups in total. The number of thiophene rings is 1. The van der Waals surface area contributed by atoms with E-state index in [0.717, 1.165) is 10.6 Å². The van der Waals surface area contributed by atoms with E-state index in [-0.39, 0.29) is 0 Å². The second kappa shape index (κ2) is 5.28. The summed E-state index contributed by atoms with van der Waals surface area (Å²) in [6.07, 6.45) is 1.87. The van der Waals surface area contributed by atoms with Crippen LogP contribution in [0.3, 0.4) is 0 Å². The molecular weight excluding hydrogens is 252 g/mol. The van der Waals surface area contributed by atoms with E-state index in [1.807, 2.05) is 20.3 Å². The van der Waals surface area contributed by atoms with Crippen molar-refractivity contribution >= 4 is 17.3 Å². The Morgan fingerprint density at radius 1 is 1.56 bits per heavy atom. The van der Waals surface area contributed by atoms with Crippen LogP contribution in [0.2, 0.25) is 0 Å². The molecule has 96 valence electrons. The van der Waals surface area contributed by atoms with Gasteiger partial charge in [-0.05, 0) is 13.1 Å². The summed E-state index contributed by atoms with van der Waals surface area (Å²) in [5, 5.41) is 18.4. The molecule has 2 heterocycles. The van der Waals surface area contributed by atoms with E-state index < -0.39 is 5.97 Å². The van der Waals surface area contributed by atoms with Crippen LogP contribution in [-0.4, -0.2) is 38.0 Å². The second-order valence-corrected chi connectivity index (χ2v) is 5.16. The fraction of sp³-hybridized carbons (Fsp3) is 0.364. The summed E-state index contributed by atoms with van der Waals surface area (Å²) >= 11 is 1.46. The van der Waals surface area contributed by atoms with Gasteiger partial charge in [0.25, 0.3) is 0 Å². The van der Waals surface area contributed by atoms with Gasteiger partial charge in [-0.25, -0.2) is 4.79 Å². The molecule has 7 heteroatoms. The first-order valence-corrected chi connectivity index (χ1v) is 6.27. The third-order valence-corrected chi connectivity index (χ3v) is 3.33. The van der Waals surface area contributed by atoms with Crippen LogP contribution in [0.4, 0.5) is 0 Å². The van der Waals surface area contributed by atoms with Gasteiger partial charge in [0.2, 0.25) is 0 Å². The molecule has 2 aromatic heterocycles. The van der Waals surface area contributed by atoms with Crippen LogP contribution in [0.15, 0.2) is 17.6 Å². The average molecular weight is 266 g/mol. The monoisotopic (exact) mass is 266 g/mol. The lowest BCUT2D eigenvalue weighted by atomic mass is 10.3. The molecule has 0 fully saturated rings. The Morgan fingerprint density at radius 3 is 2.89 bits per heavy atom. The summed E-state index contributed by atoms with van der Waals surface area (Å²) in [6.45, 7) is 1.39. The van der Waals surface area contributed by atoms with Gasteiger partial charge in [-0.2, -0.15) is 0 Å². The molecule has 0 bridgehead atoms. The van der Waals surface area contributed by atoms with Crippen LogP contribution in [-0.2, 0) is 20.1 Å². The largest absolute Gasteiger partial charge is 0.478 e. The lowest BCUT2D eigenvalue weighted by Gasteiger charge is -2.13. The molecule has 0 aliphatic rings. The zero-order valence-corrected chi connectivity index (χ0v) is 11.0. The molecule has 0 atom stereocenters. The number of aromatic nitrogens is 3. The summed E-state index contributed by atoms with van der Waals surface area (Å²) < 4.78 is 1.66. The smallest absolute Gasteiger partial charge is 0.336 e. The van der Waals surface area contributed by atoms with Gasteiger partial charge in [0.05, 0.1) is 11.3 Å². The summed E-state index contributed by atoms with van der Waals surface area (Å²) in [7, 11) is 3.80. The number of hydrogen-bond acceptors (Lipinski definition) is 5. The minimum absolute atomic E-state index is 0.350. The maximum Gasteiger partial charge on any atom is 0.336 e. The molecule has 0 aliphatic heterocycles. The van der Waals surface area contributed by atoms with Gasteiger partial charge in [-0.15, -0.1) is 16.4 Å². The topological polar surface area (TPSA) is 71.2 Å². The number of hydrogen-bond donors (Lipinski definition) is 1. The van der Waals surface area contributed by atoms with Crippen molar-refractivity contribution in [1.82, 2.24) is 19.9 Å². The van der Waals surface area contributed by atoms with Gasteiger partial charge in [-0.1, -0.05) is 5.21 Å². The first-order chi connectivity index (χ1) is 8.54. The van der Waals surface area contributed by atoms with Gasteiger partial charge < -0.3 is 5.11 Å². The van der Waals surface area contributed by atoms with Crippen molar-refractivity contribution in [2.75, 3.05) is 7.05 Å². The maximum atomic E-state index is 10.8. The number of carbonyl (C=O) groups is 1. The van der Waals surface area contributed by atoms with Crippen molar-refractivity contribution in [3.63, 3.8) is 0 Å². The first kappa shape index (κ1) is 12.7. The number of aryl methyl sites for hydroxylation is 1. The average Bonchev–Trinajstić information content (AvgIpc) is 2.88. The van der Waals surface area contributed by atoms with Gasteiger partial charge >= 0.3 is 5.97 Å². The van der Waals surface area contributed by atoms with Crippen molar-refractivity contribution in [2.45, 2.75) is 13.1 Å². The SMILES string of the molecule is CN(Cc1cn(C)nn1)Cc1cc(C(=O)O)cs1. The predicted octanol–water partition coefficient (Wildman–Crippen LogP) is 1.21. The number of nitrogens with zero attached hydrogens (tertiary/aromatic N) is 4. The summed E-state index contributed by atoms with van der Waals surface area (Å²) in [5.74, 6) is -0.880. The summed E-state index contributed by atoms with van der Waals surface area (Å²) in [5.41, 5.74) is 1.25. The van der Waals surface area contributed by atoms with Crippen LogP contribution in [0, 0.1) is 0 Å². The number of aromatic carboxylic acids is 1. The molecule has 2 rings (SSSR count). The zero-order chi connectivity index (χ0) is 13.1. The van der Waals surface area contributed by atoms with Crippen molar-refractivity contribution in [3.8, 4) is 0 Å². The van der Waals surface area contributed by atoms with Crippen LogP contribution >= 0.6 is 11.3 Å². The Morgan fingerprint density at radius 2 is 2.33 bits per heavy atom. The first-order valence-electron chi connectivity index (χ1n) is 5.39. The normalized spacial score (nSPS) is 11.1. The van der Waals surface area contributed by atoms with E-state index in [1.165, 1.54) is 11.3 Å². The number of rotatable bonds is 5. The minimum atomic E-state index is -0.880. The Labute approximate surface area is 108 Å². The maximum absolute atomic E-state index is 10.8. The number of carboxylic acid groups (broad SMARTS) is 1. The van der Waals surface area contributed by atoms with Gasteiger partial charge in [-0.3, -0.25) is 9.58 Å². The van der Waals surface area contributed by atoms with E-state index in [9.17, 15) is 4.79 Å². The predicted molar refractivity (Wildman–Crippen MR) is 67.5 cm³/mol. The summed E-state index contributed by atoms with van der Waals surface area (Å²) in [4.78, 5) is 13.9. The molecule has 6 nitrogen and oxygen atoms in total. The molecular formula is C11H14N4O2S. The second-order valence-electron chi connectivity index (χ2n) is 4.16. The Kier molecular flexibility index (Phi) is 3.73. The van der Waals surface area contributed by atoms with Crippen LogP contribution in [0.25, 0.3) is 0 Å². The molecule has 0 saturated heterocycles. The van der Waals surface area contributed by atoms with Crippen molar-refractivity contribution in [3.05, 3.63) is 33.8 Å². The van der Waals surface area contributed by atoms with Crippen LogP contribution in [0.1, 0.15) is 20.9 Å². The lowest BCUT2D eigenvalue weighted by molar-refractivity contribution is 0.0697. The highest BCUT2D eigenvalue weighted by molar-refractivity contribution is 7.10. The Hall–Kier alpha value is -1.73. The molecule has 0 saturated carbocycles. The minimum Gasteiger partial charge on any atom is -0.478 e. The number of carboxylic acids is 1. The summed E-state index contributed by atoms with van der Waals surface area (Å²) in [6, 6.07) is 1.71. The highest BCUT2D eigenvalue weighted by Crippen LogP contribution is 2.17. The zero-order valence-electron chi connectivity index (χ0n) is 10.2. The quantitative estimate of drug-likeness (QED) is 0.880. The lowest BCUT2D eigenvalue weighted by Crippen LogP contribution is -2.16. The molecule has 0 unspecified atom stereocenters. The molecule has 0 spiro atoms. The van der Waals surface area contributed by atoms with E-state index in [2.05, 4.69) is 15.2 Å². The van der Waals surface area contributed by atoms with Gasteiger partial charge in [0.15, 0.2) is 0 Å². The van der Waals surface area contributed by atoms with E-state index in [4.69, 9.17) is 5.11 Å². The van der Waals surface area contributed by atoms with Crippen molar-refractivity contribution < 1.29 is 9.90 Å². The van der Waals surface area contributed by atoms with E-state index >= 15 is 0 Å². The fourth-order valence-corrected chi connectivity index (χ4v) is 2.58. The molecule has 0 aliphatic carbocycles. The van der Waals surface area contributed by atoms with E-state index in [0.29, 0.717) is 18.7 Å². The van der Waals surface area contributed by atoms with Gasteiger partial charge in [0.1, 0.15) is 0 Å². The fourth-order valence-electron chi connectivity index (χ4n) is 1.64. The molecule has 0 aromatic carbocycles. The third-order valence-electron chi connectivity index (χ3n) is 2.41. The Bertz CT molecular complexity index is 549. The Balaban J connectivity index is 1.94. The van der Waals surface area contributed by atoms with Crippen LogP contribution < -0.4 is 0 Å². The molecule has 0 amide bonds. The highest BCUT2D eigenvalue weighted by atomic mass is 32.1. The van der Waals surface area contributed by atoms with E-state index in [1.54, 1.807) is 16.1 Å². The standard InChI is InChI=1S/C11H14N4O2S/c1-14(4-9-5-15(2)13-12-9)6-10-3-8(7-18-10)11(16)17/h3,5,7H,4,6H2,1-2H3,(H,16,17).